The molecule has 1 aromatic carbocycles. The van der Waals surface area contributed by atoms with Crippen LogP contribution in [0.5, 0.6) is 0 Å². The first kappa shape index (κ1) is 12.0. The van der Waals surface area contributed by atoms with Crippen LogP contribution in [0.1, 0.15) is 0 Å². The molecule has 0 atom stereocenters. The molecule has 7 heteroatoms. The summed E-state index contributed by atoms with van der Waals surface area (Å²) in [5.74, 6) is 0.0527. The second-order valence-corrected chi connectivity index (χ2v) is 4.73. The molecule has 0 bridgehead atoms. The van der Waals surface area contributed by atoms with Crippen LogP contribution in [0.15, 0.2) is 28.9 Å². The number of anilines is 1. The molecule has 0 radical (unpaired) electrons. The number of fused-ring (bicyclic) bond motifs is 1. The Morgan fingerprint density at radius 1 is 1.32 bits per heavy atom. The molecule has 3 aromatic rings. The number of H-pyrrole nitrogens is 1. The number of rotatable bonds is 2. The van der Waals surface area contributed by atoms with E-state index in [2.05, 4.69) is 41.4 Å². The average Bonchev–Trinajstić information content (AvgIpc) is 2.89. The maximum Gasteiger partial charge on any atom is 0.225 e. The summed E-state index contributed by atoms with van der Waals surface area (Å²) >= 11 is 3.18. The van der Waals surface area contributed by atoms with Gasteiger partial charge in [0, 0.05) is 12.6 Å². The van der Waals surface area contributed by atoms with E-state index in [1.807, 2.05) is 0 Å². The van der Waals surface area contributed by atoms with Gasteiger partial charge < -0.3 is 5.32 Å². The molecule has 0 aliphatic rings. The monoisotopic (exact) mass is 321 g/mol. The van der Waals surface area contributed by atoms with Gasteiger partial charge in [-0.25, -0.2) is 9.37 Å². The van der Waals surface area contributed by atoms with Crippen molar-refractivity contribution in [1.29, 1.82) is 0 Å². The molecule has 0 aliphatic heterocycles. The normalized spacial score (nSPS) is 10.9. The Hall–Kier alpha value is -2.02. The number of nitrogens with zero attached hydrogens (tertiary/aromatic N) is 3. The minimum atomic E-state index is -0.356. The van der Waals surface area contributed by atoms with Crippen molar-refractivity contribution in [3.05, 3.63) is 34.7 Å². The van der Waals surface area contributed by atoms with Crippen LogP contribution in [-0.4, -0.2) is 27.2 Å². The van der Waals surface area contributed by atoms with E-state index >= 15 is 0 Å². The number of hydrogen-bond donors (Lipinski definition) is 2. The summed E-state index contributed by atoms with van der Waals surface area (Å²) in [6.45, 7) is 0. The first-order valence-electron chi connectivity index (χ1n) is 5.54. The molecule has 2 heterocycles. The van der Waals surface area contributed by atoms with E-state index in [1.54, 1.807) is 31.4 Å². The summed E-state index contributed by atoms with van der Waals surface area (Å²) < 4.78 is 14.6. The molecular weight excluding hydrogens is 313 g/mol. The molecule has 5 nitrogen and oxygen atoms in total. The van der Waals surface area contributed by atoms with E-state index in [1.165, 1.54) is 0 Å². The largest absolute Gasteiger partial charge is 0.357 e. The third kappa shape index (κ3) is 1.95. The standard InChI is InChI=1S/C12H9BrFN5/c1-15-12-17-10(7-5-16-19-11(7)18-12)6-3-2-4-8(13)9(6)14/h2-5H,1H3,(H2,15,16,17,18,19). The van der Waals surface area contributed by atoms with Crippen LogP contribution in [0.4, 0.5) is 10.3 Å². The summed E-state index contributed by atoms with van der Waals surface area (Å²) in [5, 5.41) is 10.2. The topological polar surface area (TPSA) is 66.5 Å². The summed E-state index contributed by atoms with van der Waals surface area (Å²) in [4.78, 5) is 8.54. The Morgan fingerprint density at radius 2 is 2.16 bits per heavy atom. The number of hydrogen-bond acceptors (Lipinski definition) is 4. The van der Waals surface area contributed by atoms with E-state index in [0.717, 1.165) is 0 Å². The van der Waals surface area contributed by atoms with Gasteiger partial charge in [-0.2, -0.15) is 10.1 Å². The van der Waals surface area contributed by atoms with Gasteiger partial charge in [-0.3, -0.25) is 5.10 Å². The van der Waals surface area contributed by atoms with Crippen molar-refractivity contribution in [1.82, 2.24) is 20.2 Å². The van der Waals surface area contributed by atoms with E-state index in [9.17, 15) is 4.39 Å². The highest BCUT2D eigenvalue weighted by Gasteiger charge is 2.15. The Labute approximate surface area is 116 Å². The number of benzene rings is 1. The number of nitrogens with one attached hydrogen (secondary N) is 2. The predicted molar refractivity (Wildman–Crippen MR) is 74.3 cm³/mol. The van der Waals surface area contributed by atoms with Gasteiger partial charge in [0.25, 0.3) is 0 Å². The average molecular weight is 322 g/mol. The van der Waals surface area contributed by atoms with Crippen molar-refractivity contribution >= 4 is 32.9 Å². The summed E-state index contributed by atoms with van der Waals surface area (Å²) in [6.07, 6.45) is 1.59. The third-order valence-corrected chi connectivity index (χ3v) is 3.35. The second kappa shape index (κ2) is 4.58. The van der Waals surface area contributed by atoms with Gasteiger partial charge in [0.1, 0.15) is 5.82 Å². The van der Waals surface area contributed by atoms with Crippen LogP contribution in [0.3, 0.4) is 0 Å². The van der Waals surface area contributed by atoms with Crippen molar-refractivity contribution in [2.45, 2.75) is 0 Å². The zero-order valence-corrected chi connectivity index (χ0v) is 11.5. The zero-order chi connectivity index (χ0) is 13.4. The Bertz CT molecular complexity index is 755. The zero-order valence-electron chi connectivity index (χ0n) is 9.91. The molecule has 2 aromatic heterocycles. The molecule has 0 spiro atoms. The van der Waals surface area contributed by atoms with E-state index in [4.69, 9.17) is 0 Å². The SMILES string of the molecule is CNc1nc(-c2cccc(Br)c2F)c2cn[nH]c2n1. The van der Waals surface area contributed by atoms with Crippen molar-refractivity contribution in [3.63, 3.8) is 0 Å². The van der Waals surface area contributed by atoms with Gasteiger partial charge in [0.2, 0.25) is 5.95 Å². The van der Waals surface area contributed by atoms with Gasteiger partial charge in [0.05, 0.1) is 21.7 Å². The Balaban J connectivity index is 2.34. The fourth-order valence-corrected chi connectivity index (χ4v) is 2.20. The van der Waals surface area contributed by atoms with Crippen molar-refractivity contribution in [2.24, 2.45) is 0 Å². The molecular formula is C12H9BrFN5. The fraction of sp³-hybridized carbons (Fsp3) is 0.0833. The fourth-order valence-electron chi connectivity index (χ4n) is 1.84. The minimum Gasteiger partial charge on any atom is -0.357 e. The number of aromatic nitrogens is 4. The maximum atomic E-state index is 14.2. The van der Waals surface area contributed by atoms with Crippen LogP contribution in [0.2, 0.25) is 0 Å². The van der Waals surface area contributed by atoms with E-state index in [0.29, 0.717) is 32.7 Å². The Kier molecular flexibility index (Phi) is 2.90. The lowest BCUT2D eigenvalue weighted by Gasteiger charge is -2.07. The third-order valence-electron chi connectivity index (χ3n) is 2.74. The van der Waals surface area contributed by atoms with Crippen molar-refractivity contribution < 1.29 is 4.39 Å². The highest BCUT2D eigenvalue weighted by molar-refractivity contribution is 9.10. The van der Waals surface area contributed by atoms with Crippen LogP contribution in [0, 0.1) is 5.82 Å². The molecule has 0 amide bonds. The van der Waals surface area contributed by atoms with E-state index < -0.39 is 0 Å². The first-order valence-corrected chi connectivity index (χ1v) is 6.33. The Morgan fingerprint density at radius 3 is 2.95 bits per heavy atom. The van der Waals surface area contributed by atoms with Gasteiger partial charge in [0.15, 0.2) is 5.65 Å². The molecule has 96 valence electrons. The molecule has 0 saturated carbocycles. The van der Waals surface area contributed by atoms with Gasteiger partial charge in [-0.1, -0.05) is 6.07 Å². The quantitative estimate of drug-likeness (QED) is 0.761. The molecule has 2 N–H and O–H groups in total. The van der Waals surface area contributed by atoms with Gasteiger partial charge in [-0.05, 0) is 28.1 Å². The molecule has 19 heavy (non-hydrogen) atoms. The van der Waals surface area contributed by atoms with Crippen molar-refractivity contribution in [2.75, 3.05) is 12.4 Å². The smallest absolute Gasteiger partial charge is 0.225 e. The van der Waals surface area contributed by atoms with Crippen molar-refractivity contribution in [3.8, 4) is 11.3 Å². The lowest BCUT2D eigenvalue weighted by Crippen LogP contribution is -1.99. The van der Waals surface area contributed by atoms with Gasteiger partial charge >= 0.3 is 0 Å². The number of halogens is 2. The predicted octanol–water partition coefficient (Wildman–Crippen LogP) is 2.96. The first-order chi connectivity index (χ1) is 9.20. The van der Waals surface area contributed by atoms with Crippen LogP contribution < -0.4 is 5.32 Å². The molecule has 0 aliphatic carbocycles. The molecule has 3 rings (SSSR count). The minimum absolute atomic E-state index is 0.356. The van der Waals surface area contributed by atoms with Crippen LogP contribution in [-0.2, 0) is 0 Å². The highest BCUT2D eigenvalue weighted by atomic mass is 79.9. The molecule has 0 unspecified atom stereocenters. The second-order valence-electron chi connectivity index (χ2n) is 3.88. The van der Waals surface area contributed by atoms with Crippen LogP contribution >= 0.6 is 15.9 Å². The lowest BCUT2D eigenvalue weighted by atomic mass is 10.1. The summed E-state index contributed by atoms with van der Waals surface area (Å²) in [6, 6.07) is 5.08. The number of aromatic amines is 1. The summed E-state index contributed by atoms with van der Waals surface area (Å²) in [5.41, 5.74) is 1.47. The summed E-state index contributed by atoms with van der Waals surface area (Å²) in [7, 11) is 1.71. The van der Waals surface area contributed by atoms with Crippen LogP contribution in [0.25, 0.3) is 22.3 Å². The maximum absolute atomic E-state index is 14.2. The van der Waals surface area contributed by atoms with Gasteiger partial charge in [-0.15, -0.1) is 0 Å². The van der Waals surface area contributed by atoms with E-state index in [-0.39, 0.29) is 5.82 Å². The lowest BCUT2D eigenvalue weighted by molar-refractivity contribution is 0.624. The highest BCUT2D eigenvalue weighted by Crippen LogP contribution is 2.31. The molecule has 0 saturated heterocycles. The molecule has 0 fully saturated rings.